The van der Waals surface area contributed by atoms with Gasteiger partial charge in [-0.15, -0.1) is 0 Å². The van der Waals surface area contributed by atoms with Crippen molar-refractivity contribution < 1.29 is 14.3 Å². The first-order chi connectivity index (χ1) is 16.1. The molecule has 6 heteroatoms. The Morgan fingerprint density at radius 3 is 2.39 bits per heavy atom. The number of aryl methyl sites for hydroxylation is 2. The van der Waals surface area contributed by atoms with Gasteiger partial charge in [-0.2, -0.15) is 0 Å². The number of anilines is 1. The van der Waals surface area contributed by atoms with Crippen LogP contribution in [-0.2, 0) is 16.0 Å². The van der Waals surface area contributed by atoms with Crippen LogP contribution in [0.1, 0.15) is 30.4 Å². The third-order valence-corrected chi connectivity index (χ3v) is 5.94. The van der Waals surface area contributed by atoms with E-state index in [4.69, 9.17) is 4.74 Å². The highest BCUT2D eigenvalue weighted by Gasteiger charge is 2.27. The molecule has 0 radical (unpaired) electrons. The summed E-state index contributed by atoms with van der Waals surface area (Å²) in [6.07, 6.45) is 4.19. The van der Waals surface area contributed by atoms with Crippen molar-refractivity contribution in [2.45, 2.75) is 32.6 Å². The predicted molar refractivity (Wildman–Crippen MR) is 128 cm³/mol. The van der Waals surface area contributed by atoms with Crippen LogP contribution in [0.15, 0.2) is 72.9 Å². The summed E-state index contributed by atoms with van der Waals surface area (Å²) in [5, 5.41) is 2.94. The summed E-state index contributed by atoms with van der Waals surface area (Å²) in [7, 11) is 0. The largest absolute Gasteiger partial charge is 0.439 e. The molecule has 2 heterocycles. The quantitative estimate of drug-likeness (QED) is 0.558. The molecule has 1 saturated heterocycles. The summed E-state index contributed by atoms with van der Waals surface area (Å²) in [4.78, 5) is 31.4. The van der Waals surface area contributed by atoms with Crippen LogP contribution in [0.2, 0.25) is 0 Å². The van der Waals surface area contributed by atoms with E-state index in [0.717, 1.165) is 17.7 Å². The van der Waals surface area contributed by atoms with Crippen LogP contribution < -0.4 is 10.1 Å². The normalized spacial score (nSPS) is 14.0. The van der Waals surface area contributed by atoms with Crippen molar-refractivity contribution in [2.24, 2.45) is 5.92 Å². The second-order valence-corrected chi connectivity index (χ2v) is 8.43. The fourth-order valence-electron chi connectivity index (χ4n) is 3.93. The summed E-state index contributed by atoms with van der Waals surface area (Å²) >= 11 is 0. The lowest BCUT2D eigenvalue weighted by Gasteiger charge is -2.31. The van der Waals surface area contributed by atoms with E-state index in [1.165, 1.54) is 5.56 Å². The number of piperidine rings is 1. The van der Waals surface area contributed by atoms with Crippen molar-refractivity contribution in [3.05, 3.63) is 84.1 Å². The number of likely N-dealkylation sites (tertiary alicyclic amines) is 1. The zero-order valence-electron chi connectivity index (χ0n) is 18.9. The molecule has 0 aliphatic carbocycles. The first-order valence-electron chi connectivity index (χ1n) is 11.4. The van der Waals surface area contributed by atoms with Crippen LogP contribution in [0.4, 0.5) is 5.69 Å². The molecule has 6 nitrogen and oxygen atoms in total. The van der Waals surface area contributed by atoms with Crippen molar-refractivity contribution in [1.82, 2.24) is 9.88 Å². The van der Waals surface area contributed by atoms with Gasteiger partial charge >= 0.3 is 0 Å². The molecule has 0 atom stereocenters. The number of hydrogen-bond donors (Lipinski definition) is 1. The number of carbonyl (C=O) groups is 2. The van der Waals surface area contributed by atoms with E-state index in [9.17, 15) is 9.59 Å². The van der Waals surface area contributed by atoms with Gasteiger partial charge in [0.25, 0.3) is 0 Å². The van der Waals surface area contributed by atoms with E-state index < -0.39 is 0 Å². The van der Waals surface area contributed by atoms with E-state index in [-0.39, 0.29) is 17.7 Å². The first kappa shape index (κ1) is 22.5. The summed E-state index contributed by atoms with van der Waals surface area (Å²) in [6.45, 7) is 3.26. The van der Waals surface area contributed by atoms with Gasteiger partial charge in [0.15, 0.2) is 0 Å². The minimum atomic E-state index is -0.105. The number of nitrogens with zero attached hydrogens (tertiary/aromatic N) is 2. The highest BCUT2D eigenvalue weighted by molar-refractivity contribution is 5.92. The predicted octanol–water partition coefficient (Wildman–Crippen LogP) is 4.99. The topological polar surface area (TPSA) is 71.5 Å². The molecular formula is C27H29N3O3. The number of hydrogen-bond acceptors (Lipinski definition) is 4. The maximum Gasteiger partial charge on any atom is 0.227 e. The maximum absolute atomic E-state index is 12.7. The number of benzene rings is 2. The average Bonchev–Trinajstić information content (AvgIpc) is 2.86. The number of aromatic nitrogens is 1. The molecule has 1 N–H and O–H groups in total. The monoisotopic (exact) mass is 443 g/mol. The lowest BCUT2D eigenvalue weighted by molar-refractivity contribution is -0.134. The summed E-state index contributed by atoms with van der Waals surface area (Å²) < 4.78 is 5.73. The van der Waals surface area contributed by atoms with Crippen molar-refractivity contribution in [3.63, 3.8) is 0 Å². The van der Waals surface area contributed by atoms with E-state index in [1.54, 1.807) is 18.3 Å². The van der Waals surface area contributed by atoms with E-state index in [1.807, 2.05) is 66.4 Å². The lowest BCUT2D eigenvalue weighted by Crippen LogP contribution is -2.41. The molecule has 3 aromatic rings. The Morgan fingerprint density at radius 2 is 1.73 bits per heavy atom. The van der Waals surface area contributed by atoms with Gasteiger partial charge in [-0.25, -0.2) is 4.98 Å². The number of nitrogens with one attached hydrogen (secondary N) is 1. The van der Waals surface area contributed by atoms with Gasteiger partial charge in [0.05, 0.1) is 11.9 Å². The molecule has 33 heavy (non-hydrogen) atoms. The molecular weight excluding hydrogens is 414 g/mol. The molecule has 1 aliphatic heterocycles. The average molecular weight is 444 g/mol. The van der Waals surface area contributed by atoms with E-state index >= 15 is 0 Å². The van der Waals surface area contributed by atoms with Gasteiger partial charge in [-0.1, -0.05) is 48.0 Å². The van der Waals surface area contributed by atoms with Crippen molar-refractivity contribution in [3.8, 4) is 11.6 Å². The zero-order valence-corrected chi connectivity index (χ0v) is 18.9. The smallest absolute Gasteiger partial charge is 0.227 e. The van der Waals surface area contributed by atoms with E-state index in [2.05, 4.69) is 10.3 Å². The second-order valence-electron chi connectivity index (χ2n) is 8.43. The Bertz CT molecular complexity index is 1060. The van der Waals surface area contributed by atoms with E-state index in [0.29, 0.717) is 43.9 Å². The molecule has 1 aliphatic rings. The van der Waals surface area contributed by atoms with Gasteiger partial charge in [-0.3, -0.25) is 9.59 Å². The van der Waals surface area contributed by atoms with Gasteiger partial charge < -0.3 is 15.0 Å². The second kappa shape index (κ2) is 10.8. The number of ether oxygens (including phenoxy) is 1. The van der Waals surface area contributed by atoms with Gasteiger partial charge in [0.1, 0.15) is 5.75 Å². The fraction of sp³-hybridized carbons (Fsp3) is 0.296. The molecule has 170 valence electrons. The molecule has 2 aromatic carbocycles. The molecule has 1 aromatic heterocycles. The number of amides is 2. The minimum absolute atomic E-state index is 0.0274. The molecule has 4 rings (SSSR count). The van der Waals surface area contributed by atoms with Crippen LogP contribution in [0.5, 0.6) is 11.6 Å². The fourth-order valence-corrected chi connectivity index (χ4v) is 3.93. The molecule has 0 spiro atoms. The Kier molecular flexibility index (Phi) is 7.35. The standard InChI is InChI=1S/C27H29N3O3/c1-20-7-11-24(12-8-20)33-25-13-10-23(19-28-25)29-27(32)22-15-17-30(18-16-22)26(31)14-9-21-5-3-2-4-6-21/h2-8,10-13,19,22H,9,14-18H2,1H3,(H,29,32). The lowest BCUT2D eigenvalue weighted by atomic mass is 9.95. The van der Waals surface area contributed by atoms with Crippen LogP contribution >= 0.6 is 0 Å². The SMILES string of the molecule is Cc1ccc(Oc2ccc(NC(=O)C3CCN(C(=O)CCc4ccccc4)CC3)cn2)cc1. The van der Waals surface area contributed by atoms with Crippen molar-refractivity contribution in [2.75, 3.05) is 18.4 Å². The molecule has 0 bridgehead atoms. The maximum atomic E-state index is 12.7. The summed E-state index contributed by atoms with van der Waals surface area (Å²) in [5.41, 5.74) is 2.97. The Hall–Kier alpha value is -3.67. The van der Waals surface area contributed by atoms with Crippen molar-refractivity contribution >= 4 is 17.5 Å². The minimum Gasteiger partial charge on any atom is -0.439 e. The van der Waals surface area contributed by atoms with Crippen LogP contribution in [0.25, 0.3) is 0 Å². The Balaban J connectivity index is 1.21. The summed E-state index contributed by atoms with van der Waals surface area (Å²) in [6, 6.07) is 21.3. The number of carbonyl (C=O) groups excluding carboxylic acids is 2. The molecule has 1 fully saturated rings. The highest BCUT2D eigenvalue weighted by Crippen LogP contribution is 2.23. The molecule has 2 amide bonds. The number of rotatable bonds is 7. The highest BCUT2D eigenvalue weighted by atomic mass is 16.5. The van der Waals surface area contributed by atoms with Crippen LogP contribution in [-0.4, -0.2) is 34.8 Å². The van der Waals surface area contributed by atoms with Crippen LogP contribution in [0, 0.1) is 12.8 Å². The Labute approximate surface area is 194 Å². The van der Waals surface area contributed by atoms with Crippen molar-refractivity contribution in [1.29, 1.82) is 0 Å². The van der Waals surface area contributed by atoms with Gasteiger partial charge in [0, 0.05) is 31.5 Å². The summed E-state index contributed by atoms with van der Waals surface area (Å²) in [5.74, 6) is 1.22. The van der Waals surface area contributed by atoms with Gasteiger partial charge in [-0.05, 0) is 49.9 Å². The third-order valence-electron chi connectivity index (χ3n) is 5.94. The molecule has 0 saturated carbocycles. The first-order valence-corrected chi connectivity index (χ1v) is 11.4. The molecule has 0 unspecified atom stereocenters. The van der Waals surface area contributed by atoms with Gasteiger partial charge in [0.2, 0.25) is 17.7 Å². The Morgan fingerprint density at radius 1 is 1.00 bits per heavy atom. The number of pyridine rings is 1. The zero-order chi connectivity index (χ0) is 23.0. The third kappa shape index (κ3) is 6.42. The van der Waals surface area contributed by atoms with Crippen LogP contribution in [0.3, 0.4) is 0 Å².